The van der Waals surface area contributed by atoms with Crippen LogP contribution in [0.3, 0.4) is 0 Å². The molecular weight excluding hydrogens is 323 g/mol. The van der Waals surface area contributed by atoms with Crippen molar-refractivity contribution in [3.8, 4) is 5.75 Å². The Morgan fingerprint density at radius 3 is 2.35 bits per heavy atom. The minimum absolute atomic E-state index is 0.193. The van der Waals surface area contributed by atoms with E-state index in [0.29, 0.717) is 12.3 Å². The Morgan fingerprint density at radius 1 is 1.00 bits per heavy atom. The second-order valence-corrected chi connectivity index (χ2v) is 8.28. The Morgan fingerprint density at radius 2 is 1.69 bits per heavy atom. The zero-order valence-corrected chi connectivity index (χ0v) is 17.0. The molecule has 0 amide bonds. The second-order valence-electron chi connectivity index (χ2n) is 8.28. The van der Waals surface area contributed by atoms with Gasteiger partial charge >= 0.3 is 0 Å². The van der Waals surface area contributed by atoms with Gasteiger partial charge in [0.15, 0.2) is 0 Å². The average Bonchev–Trinajstić information content (AvgIpc) is 2.69. The van der Waals surface area contributed by atoms with Crippen molar-refractivity contribution in [2.45, 2.75) is 90.6 Å². The van der Waals surface area contributed by atoms with Gasteiger partial charge in [0.1, 0.15) is 18.5 Å². The Balaban J connectivity index is 1.78. The van der Waals surface area contributed by atoms with E-state index < -0.39 is 6.17 Å². The van der Waals surface area contributed by atoms with Gasteiger partial charge in [0.25, 0.3) is 0 Å². The number of alkyl halides is 1. The molecule has 0 bridgehead atoms. The maximum Gasteiger partial charge on any atom is 0.134 e. The van der Waals surface area contributed by atoms with Crippen LogP contribution in [0, 0.1) is 17.8 Å². The fourth-order valence-electron chi connectivity index (χ4n) is 4.55. The highest BCUT2D eigenvalue weighted by Gasteiger charge is 2.29. The van der Waals surface area contributed by atoms with Crippen molar-refractivity contribution >= 4 is 0 Å². The summed E-state index contributed by atoms with van der Waals surface area (Å²) >= 11 is 0. The molecule has 26 heavy (non-hydrogen) atoms. The molecule has 0 saturated heterocycles. The highest BCUT2D eigenvalue weighted by atomic mass is 19.1. The van der Waals surface area contributed by atoms with Crippen LogP contribution in [0.2, 0.25) is 0 Å². The molecule has 1 aromatic rings. The van der Waals surface area contributed by atoms with Crippen molar-refractivity contribution in [2.24, 2.45) is 17.8 Å². The molecule has 0 radical (unpaired) electrons. The van der Waals surface area contributed by atoms with E-state index in [4.69, 9.17) is 4.74 Å². The van der Waals surface area contributed by atoms with Gasteiger partial charge in [0, 0.05) is 0 Å². The Labute approximate surface area is 160 Å². The first-order valence-electron chi connectivity index (χ1n) is 11.0. The number of benzene rings is 1. The molecule has 0 spiro atoms. The lowest BCUT2D eigenvalue weighted by molar-refractivity contribution is 0.119. The zero-order valence-electron chi connectivity index (χ0n) is 17.0. The van der Waals surface area contributed by atoms with E-state index >= 15 is 0 Å². The first kappa shape index (κ1) is 21.3. The van der Waals surface area contributed by atoms with Crippen molar-refractivity contribution in [3.63, 3.8) is 0 Å². The molecule has 0 N–H and O–H groups in total. The summed E-state index contributed by atoms with van der Waals surface area (Å²) in [5.74, 6) is 2.98. The Bertz CT molecular complexity index is 453. The molecule has 148 valence electrons. The third kappa shape index (κ3) is 7.68. The molecule has 1 aliphatic carbocycles. The van der Waals surface area contributed by atoms with Crippen LogP contribution in [0.4, 0.5) is 4.39 Å². The molecule has 0 heterocycles. The van der Waals surface area contributed by atoms with Crippen LogP contribution >= 0.6 is 0 Å². The van der Waals surface area contributed by atoms with Crippen LogP contribution in [0.25, 0.3) is 0 Å². The summed E-state index contributed by atoms with van der Waals surface area (Å²) in [6.45, 7) is 4.72. The molecular formula is C24H39FO. The summed E-state index contributed by atoms with van der Waals surface area (Å²) in [5.41, 5.74) is 0. The highest BCUT2D eigenvalue weighted by Crippen LogP contribution is 2.39. The SMILES string of the molecule is CCCCC(CC(F)COc1ccccc1)[C@H]1CC[C@H](CCCC)CC1. The molecule has 2 heteroatoms. The van der Waals surface area contributed by atoms with E-state index in [9.17, 15) is 4.39 Å². The summed E-state index contributed by atoms with van der Waals surface area (Å²) < 4.78 is 20.3. The Kier molecular flexibility index (Phi) is 10.1. The lowest BCUT2D eigenvalue weighted by Crippen LogP contribution is -2.26. The van der Waals surface area contributed by atoms with E-state index in [0.717, 1.165) is 17.6 Å². The monoisotopic (exact) mass is 362 g/mol. The molecule has 2 atom stereocenters. The van der Waals surface area contributed by atoms with Crippen molar-refractivity contribution in [1.82, 2.24) is 0 Å². The van der Waals surface area contributed by atoms with Gasteiger partial charge in [-0.2, -0.15) is 0 Å². The number of hydrogen-bond acceptors (Lipinski definition) is 1. The largest absolute Gasteiger partial charge is 0.491 e. The number of hydrogen-bond donors (Lipinski definition) is 0. The third-order valence-electron chi connectivity index (χ3n) is 6.19. The number of halogens is 1. The van der Waals surface area contributed by atoms with Crippen LogP contribution in [0.15, 0.2) is 30.3 Å². The van der Waals surface area contributed by atoms with E-state index in [1.165, 1.54) is 64.2 Å². The van der Waals surface area contributed by atoms with E-state index in [2.05, 4.69) is 13.8 Å². The van der Waals surface area contributed by atoms with E-state index in [-0.39, 0.29) is 6.61 Å². The van der Waals surface area contributed by atoms with Gasteiger partial charge < -0.3 is 4.74 Å². The van der Waals surface area contributed by atoms with Gasteiger partial charge in [0.05, 0.1) is 0 Å². The highest BCUT2D eigenvalue weighted by molar-refractivity contribution is 5.20. The van der Waals surface area contributed by atoms with Crippen LogP contribution < -0.4 is 4.74 Å². The summed E-state index contributed by atoms with van der Waals surface area (Å²) in [6.07, 6.45) is 12.9. The predicted octanol–water partition coefficient (Wildman–Crippen LogP) is 7.60. The average molecular weight is 363 g/mol. The summed E-state index contributed by atoms with van der Waals surface area (Å²) in [6, 6.07) is 9.63. The number of para-hydroxylation sites is 1. The zero-order chi connectivity index (χ0) is 18.6. The number of ether oxygens (including phenoxy) is 1. The van der Waals surface area contributed by atoms with Crippen LogP contribution in [-0.4, -0.2) is 12.8 Å². The van der Waals surface area contributed by atoms with Gasteiger partial charge in [-0.15, -0.1) is 0 Å². The molecule has 1 aromatic carbocycles. The van der Waals surface area contributed by atoms with Gasteiger partial charge in [-0.3, -0.25) is 0 Å². The maximum atomic E-state index is 14.6. The quantitative estimate of drug-likeness (QED) is 0.372. The molecule has 1 aliphatic rings. The smallest absolute Gasteiger partial charge is 0.134 e. The maximum absolute atomic E-state index is 14.6. The van der Waals surface area contributed by atoms with Gasteiger partial charge in [-0.05, 0) is 49.1 Å². The molecule has 0 aliphatic heterocycles. The normalized spacial score (nSPS) is 22.7. The van der Waals surface area contributed by atoms with Crippen molar-refractivity contribution in [1.29, 1.82) is 0 Å². The van der Waals surface area contributed by atoms with Crippen molar-refractivity contribution in [2.75, 3.05) is 6.61 Å². The van der Waals surface area contributed by atoms with Crippen LogP contribution in [-0.2, 0) is 0 Å². The van der Waals surface area contributed by atoms with Gasteiger partial charge in [-0.25, -0.2) is 4.39 Å². The summed E-state index contributed by atoms with van der Waals surface area (Å²) in [4.78, 5) is 0. The first-order chi connectivity index (χ1) is 12.7. The number of rotatable bonds is 12. The molecule has 2 rings (SSSR count). The van der Waals surface area contributed by atoms with Crippen molar-refractivity contribution < 1.29 is 9.13 Å². The number of unbranched alkanes of at least 4 members (excludes halogenated alkanes) is 2. The first-order valence-corrected chi connectivity index (χ1v) is 11.0. The van der Waals surface area contributed by atoms with Gasteiger partial charge in [0.2, 0.25) is 0 Å². The van der Waals surface area contributed by atoms with Crippen molar-refractivity contribution in [3.05, 3.63) is 30.3 Å². The third-order valence-corrected chi connectivity index (χ3v) is 6.19. The fourth-order valence-corrected chi connectivity index (χ4v) is 4.55. The Hall–Kier alpha value is -1.05. The minimum Gasteiger partial charge on any atom is -0.491 e. The fraction of sp³-hybridized carbons (Fsp3) is 0.750. The summed E-state index contributed by atoms with van der Waals surface area (Å²) in [5, 5.41) is 0. The van der Waals surface area contributed by atoms with E-state index in [1.807, 2.05) is 30.3 Å². The minimum atomic E-state index is -0.852. The molecule has 0 aromatic heterocycles. The molecule has 1 saturated carbocycles. The lowest BCUT2D eigenvalue weighted by atomic mass is 9.72. The summed E-state index contributed by atoms with van der Waals surface area (Å²) in [7, 11) is 0. The standard InChI is InChI=1S/C24H39FO/c1-3-5-10-20-14-16-21(17-15-20)22(11-6-4-2)18-23(25)19-26-24-12-8-7-9-13-24/h7-9,12-13,20-23H,3-6,10-11,14-19H2,1-2H3/t20-,21-,22?,23?. The second kappa shape index (κ2) is 12.4. The molecule has 2 unspecified atom stereocenters. The van der Waals surface area contributed by atoms with Crippen LogP contribution in [0.1, 0.15) is 84.5 Å². The molecule has 1 nitrogen and oxygen atoms in total. The lowest BCUT2D eigenvalue weighted by Gasteiger charge is -2.35. The molecule has 1 fully saturated rings. The predicted molar refractivity (Wildman–Crippen MR) is 109 cm³/mol. The van der Waals surface area contributed by atoms with Gasteiger partial charge in [-0.1, -0.05) is 83.4 Å². The topological polar surface area (TPSA) is 9.23 Å². The van der Waals surface area contributed by atoms with E-state index in [1.54, 1.807) is 0 Å². The van der Waals surface area contributed by atoms with Crippen LogP contribution in [0.5, 0.6) is 5.75 Å².